The lowest BCUT2D eigenvalue weighted by Crippen LogP contribution is -2.46. The van der Waals surface area contributed by atoms with Crippen molar-refractivity contribution < 1.29 is 4.79 Å². The van der Waals surface area contributed by atoms with Crippen LogP contribution in [0.5, 0.6) is 0 Å². The van der Waals surface area contributed by atoms with E-state index in [0.29, 0.717) is 13.0 Å². The normalized spacial score (nSPS) is 17.3. The molecule has 3 rings (SSSR count). The summed E-state index contributed by atoms with van der Waals surface area (Å²) in [4.78, 5) is 19.9. The third-order valence-corrected chi connectivity index (χ3v) is 6.22. The number of hydrogen-bond donors (Lipinski definition) is 1. The molecule has 1 aliphatic rings. The lowest BCUT2D eigenvalue weighted by atomic mass is 10.1. The molecule has 23 heavy (non-hydrogen) atoms. The number of rotatable bonds is 3. The van der Waals surface area contributed by atoms with Gasteiger partial charge in [-0.15, -0.1) is 47.5 Å². The summed E-state index contributed by atoms with van der Waals surface area (Å²) in [7, 11) is 0. The molecule has 1 atom stereocenters. The number of carbonyl (C=O) groups excluding carboxylic acids is 1. The predicted molar refractivity (Wildman–Crippen MR) is 105 cm³/mol. The van der Waals surface area contributed by atoms with Gasteiger partial charge < -0.3 is 10.6 Å². The number of likely N-dealkylation sites (tertiary alicyclic amines) is 1. The maximum absolute atomic E-state index is 12.3. The van der Waals surface area contributed by atoms with Crippen molar-refractivity contribution in [1.82, 2.24) is 9.88 Å². The first-order chi connectivity index (χ1) is 10.1. The van der Waals surface area contributed by atoms with E-state index in [-0.39, 0.29) is 36.8 Å². The van der Waals surface area contributed by atoms with Crippen LogP contribution in [0, 0.1) is 0 Å². The second kappa shape index (κ2) is 9.34. The molecular formula is C14H18BrCl2N3OS2. The molecule has 0 saturated carbocycles. The number of carbonyl (C=O) groups is 1. The van der Waals surface area contributed by atoms with E-state index >= 15 is 0 Å². The van der Waals surface area contributed by atoms with Gasteiger partial charge >= 0.3 is 0 Å². The van der Waals surface area contributed by atoms with Crippen LogP contribution in [0.15, 0.2) is 21.3 Å². The molecule has 2 aromatic rings. The largest absolute Gasteiger partial charge is 0.341 e. The van der Waals surface area contributed by atoms with E-state index in [2.05, 4.69) is 27.0 Å². The van der Waals surface area contributed by atoms with Crippen LogP contribution in [-0.4, -0.2) is 34.9 Å². The van der Waals surface area contributed by atoms with E-state index < -0.39 is 0 Å². The van der Waals surface area contributed by atoms with Crippen LogP contribution in [-0.2, 0) is 11.2 Å². The van der Waals surface area contributed by atoms with E-state index in [0.717, 1.165) is 39.4 Å². The molecular weight excluding hydrogens is 441 g/mol. The highest BCUT2D eigenvalue weighted by molar-refractivity contribution is 9.10. The summed E-state index contributed by atoms with van der Waals surface area (Å²) in [5, 5.41) is 4.99. The fraction of sp³-hybridized carbons (Fsp3) is 0.429. The highest BCUT2D eigenvalue weighted by Gasteiger charge is 2.22. The molecule has 128 valence electrons. The molecule has 3 heterocycles. The SMILES string of the molecule is Cl.Cl.NC1CCCN(C(=O)Cc2csc(-c3cc(Br)cs3)n2)C1. The van der Waals surface area contributed by atoms with Crippen molar-refractivity contribution in [2.45, 2.75) is 25.3 Å². The van der Waals surface area contributed by atoms with Crippen LogP contribution in [0.2, 0.25) is 0 Å². The Hall–Kier alpha value is -0.180. The van der Waals surface area contributed by atoms with E-state index in [4.69, 9.17) is 5.73 Å². The minimum Gasteiger partial charge on any atom is -0.341 e. The lowest BCUT2D eigenvalue weighted by Gasteiger charge is -2.30. The third-order valence-electron chi connectivity index (χ3n) is 3.47. The molecule has 2 N–H and O–H groups in total. The fourth-order valence-electron chi connectivity index (χ4n) is 2.43. The van der Waals surface area contributed by atoms with Gasteiger partial charge in [-0.25, -0.2) is 4.98 Å². The molecule has 0 aliphatic carbocycles. The summed E-state index contributed by atoms with van der Waals surface area (Å²) >= 11 is 6.69. The standard InChI is InChI=1S/C14H16BrN3OS2.2ClH/c15-9-4-12(20-7-9)14-17-11(8-21-14)5-13(19)18-3-1-2-10(16)6-18;;/h4,7-8,10H,1-3,5-6,16H2;2*1H. The Morgan fingerprint density at radius 2 is 2.17 bits per heavy atom. The van der Waals surface area contributed by atoms with Crippen LogP contribution in [0.25, 0.3) is 9.88 Å². The van der Waals surface area contributed by atoms with Gasteiger partial charge in [0.2, 0.25) is 5.91 Å². The first-order valence-corrected chi connectivity index (χ1v) is 9.39. The Morgan fingerprint density at radius 3 is 2.83 bits per heavy atom. The number of thiophene rings is 1. The molecule has 9 heteroatoms. The van der Waals surface area contributed by atoms with Crippen molar-refractivity contribution in [2.75, 3.05) is 13.1 Å². The molecule has 1 amide bonds. The van der Waals surface area contributed by atoms with Gasteiger partial charge in [-0.05, 0) is 34.8 Å². The maximum Gasteiger partial charge on any atom is 0.228 e. The Balaban J connectivity index is 0.00000132. The van der Waals surface area contributed by atoms with Crippen molar-refractivity contribution in [1.29, 1.82) is 0 Å². The van der Waals surface area contributed by atoms with Crippen molar-refractivity contribution in [2.24, 2.45) is 5.73 Å². The lowest BCUT2D eigenvalue weighted by molar-refractivity contribution is -0.131. The molecule has 0 spiro atoms. The molecule has 1 unspecified atom stereocenters. The second-order valence-electron chi connectivity index (χ2n) is 5.19. The predicted octanol–water partition coefficient (Wildman–Crippen LogP) is 3.97. The van der Waals surface area contributed by atoms with Gasteiger partial charge in [0.15, 0.2) is 0 Å². The third kappa shape index (κ3) is 5.41. The summed E-state index contributed by atoms with van der Waals surface area (Å²) in [5.74, 6) is 0.134. The number of nitrogens with zero attached hydrogens (tertiary/aromatic N) is 2. The van der Waals surface area contributed by atoms with Gasteiger partial charge in [0.05, 0.1) is 17.0 Å². The van der Waals surface area contributed by atoms with Crippen LogP contribution >= 0.6 is 63.4 Å². The van der Waals surface area contributed by atoms with Crippen molar-refractivity contribution in [3.63, 3.8) is 0 Å². The Labute approximate surface area is 164 Å². The fourth-order valence-corrected chi connectivity index (χ4v) is 4.76. The molecule has 4 nitrogen and oxygen atoms in total. The molecule has 0 bridgehead atoms. The smallest absolute Gasteiger partial charge is 0.228 e. The first-order valence-electron chi connectivity index (χ1n) is 6.84. The molecule has 0 radical (unpaired) electrons. The summed E-state index contributed by atoms with van der Waals surface area (Å²) in [6.07, 6.45) is 2.38. The van der Waals surface area contributed by atoms with Crippen molar-refractivity contribution in [3.05, 3.63) is 27.0 Å². The Morgan fingerprint density at radius 1 is 1.39 bits per heavy atom. The number of halogens is 3. The second-order valence-corrected chi connectivity index (χ2v) is 7.88. The number of amides is 1. The highest BCUT2D eigenvalue weighted by Crippen LogP contribution is 2.32. The minimum absolute atomic E-state index is 0. The number of thiazole rings is 1. The Bertz CT molecular complexity index is 650. The van der Waals surface area contributed by atoms with Crippen LogP contribution < -0.4 is 5.73 Å². The van der Waals surface area contributed by atoms with E-state index in [1.165, 1.54) is 0 Å². The van der Waals surface area contributed by atoms with Gasteiger partial charge in [0.25, 0.3) is 0 Å². The molecule has 1 fully saturated rings. The van der Waals surface area contributed by atoms with E-state index in [1.807, 2.05) is 15.7 Å². The van der Waals surface area contributed by atoms with Crippen LogP contribution in [0.1, 0.15) is 18.5 Å². The number of hydrogen-bond acceptors (Lipinski definition) is 5. The number of nitrogens with two attached hydrogens (primary N) is 1. The quantitative estimate of drug-likeness (QED) is 0.756. The van der Waals surface area contributed by atoms with Gasteiger partial charge in [-0.3, -0.25) is 4.79 Å². The van der Waals surface area contributed by atoms with Gasteiger partial charge in [-0.2, -0.15) is 0 Å². The minimum atomic E-state index is 0. The number of aromatic nitrogens is 1. The van der Waals surface area contributed by atoms with Crippen molar-refractivity contribution >= 4 is 69.3 Å². The van der Waals surface area contributed by atoms with Crippen LogP contribution in [0.3, 0.4) is 0 Å². The zero-order chi connectivity index (χ0) is 14.8. The summed E-state index contributed by atoms with van der Waals surface area (Å²) < 4.78 is 1.07. The summed E-state index contributed by atoms with van der Waals surface area (Å²) in [6, 6.07) is 2.18. The Kier molecular flexibility index (Phi) is 8.47. The van der Waals surface area contributed by atoms with Gasteiger partial charge in [0, 0.05) is 34.4 Å². The molecule has 1 aliphatic heterocycles. The highest BCUT2D eigenvalue weighted by atomic mass is 79.9. The molecule has 1 saturated heterocycles. The topological polar surface area (TPSA) is 59.2 Å². The maximum atomic E-state index is 12.3. The zero-order valence-electron chi connectivity index (χ0n) is 12.2. The average molecular weight is 459 g/mol. The van der Waals surface area contributed by atoms with E-state index in [9.17, 15) is 4.79 Å². The average Bonchev–Trinajstić information content (AvgIpc) is 3.07. The summed E-state index contributed by atoms with van der Waals surface area (Å²) in [6.45, 7) is 1.50. The molecule has 0 aromatic carbocycles. The molecule has 2 aromatic heterocycles. The van der Waals surface area contributed by atoms with E-state index in [1.54, 1.807) is 22.7 Å². The van der Waals surface area contributed by atoms with Gasteiger partial charge in [0.1, 0.15) is 5.01 Å². The first kappa shape index (κ1) is 20.9. The number of piperidine rings is 1. The summed E-state index contributed by atoms with van der Waals surface area (Å²) in [5.41, 5.74) is 6.78. The monoisotopic (exact) mass is 457 g/mol. The van der Waals surface area contributed by atoms with Crippen molar-refractivity contribution in [3.8, 4) is 9.88 Å². The van der Waals surface area contributed by atoms with Crippen LogP contribution in [0.4, 0.5) is 0 Å². The van der Waals surface area contributed by atoms with Gasteiger partial charge in [-0.1, -0.05) is 0 Å². The zero-order valence-corrected chi connectivity index (χ0v) is 17.1.